The van der Waals surface area contributed by atoms with E-state index in [0.29, 0.717) is 19.6 Å². The van der Waals surface area contributed by atoms with Gasteiger partial charge in [-0.2, -0.15) is 0 Å². The van der Waals surface area contributed by atoms with E-state index < -0.39 is 0 Å². The number of benzene rings is 1. The van der Waals surface area contributed by atoms with Crippen molar-refractivity contribution in [1.82, 2.24) is 4.90 Å². The number of rotatable bonds is 6. The maximum Gasteiger partial charge on any atom is 0.242 e. The van der Waals surface area contributed by atoms with Crippen LogP contribution in [-0.2, 0) is 4.79 Å². The second-order valence-electron chi connectivity index (χ2n) is 5.48. The minimum Gasteiger partial charge on any atom is -0.362 e. The van der Waals surface area contributed by atoms with Crippen molar-refractivity contribution in [3.8, 4) is 0 Å². The average Bonchev–Trinajstić information content (AvgIpc) is 2.53. The van der Waals surface area contributed by atoms with Crippen LogP contribution in [0.5, 0.6) is 0 Å². The predicted octanol–water partition coefficient (Wildman–Crippen LogP) is 1.99. The molecule has 1 aliphatic heterocycles. The minimum absolute atomic E-state index is 0.149. The molecule has 0 saturated carbocycles. The summed E-state index contributed by atoms with van der Waals surface area (Å²) in [6.45, 7) is 3.34. The molecule has 0 atom stereocenters. The van der Waals surface area contributed by atoms with E-state index in [1.807, 2.05) is 9.80 Å². The third-order valence-electron chi connectivity index (χ3n) is 3.86. The Bertz CT molecular complexity index is 443. The molecule has 0 aliphatic carbocycles. The summed E-state index contributed by atoms with van der Waals surface area (Å²) in [4.78, 5) is 16.3. The Morgan fingerprint density at radius 1 is 1.19 bits per heavy atom. The number of piperidine rings is 1. The normalized spacial score (nSPS) is 15.0. The highest BCUT2D eigenvalue weighted by molar-refractivity contribution is 5.81. The molecule has 116 valence electrons. The van der Waals surface area contributed by atoms with E-state index >= 15 is 0 Å². The molecule has 1 fully saturated rings. The summed E-state index contributed by atoms with van der Waals surface area (Å²) >= 11 is 0. The van der Waals surface area contributed by atoms with Gasteiger partial charge in [-0.1, -0.05) is 0 Å². The number of amides is 1. The number of likely N-dealkylation sites (tertiary alicyclic amines) is 1. The Labute approximate surface area is 125 Å². The van der Waals surface area contributed by atoms with Crippen LogP contribution >= 0.6 is 0 Å². The van der Waals surface area contributed by atoms with Crippen LogP contribution in [0.25, 0.3) is 0 Å². The highest BCUT2D eigenvalue weighted by atomic mass is 19.1. The summed E-state index contributed by atoms with van der Waals surface area (Å²) in [5.41, 5.74) is 6.44. The number of anilines is 1. The fraction of sp³-hybridized carbons (Fsp3) is 0.562. The molecule has 2 N–H and O–H groups in total. The van der Waals surface area contributed by atoms with Gasteiger partial charge in [0.15, 0.2) is 0 Å². The van der Waals surface area contributed by atoms with Gasteiger partial charge in [0.2, 0.25) is 5.91 Å². The first-order chi connectivity index (χ1) is 10.2. The molecule has 0 unspecified atom stereocenters. The number of hydrogen-bond donors (Lipinski definition) is 1. The average molecular weight is 293 g/mol. The monoisotopic (exact) mass is 293 g/mol. The quantitative estimate of drug-likeness (QED) is 0.872. The fourth-order valence-corrected chi connectivity index (χ4v) is 2.64. The van der Waals surface area contributed by atoms with E-state index in [4.69, 9.17) is 5.73 Å². The summed E-state index contributed by atoms with van der Waals surface area (Å²) in [7, 11) is 0. The lowest BCUT2D eigenvalue weighted by atomic mass is 10.1. The van der Waals surface area contributed by atoms with Gasteiger partial charge in [0.25, 0.3) is 0 Å². The SMILES string of the molecule is NCCCN(CC(=O)N1CCCCC1)c1ccc(F)cc1. The molecule has 1 heterocycles. The van der Waals surface area contributed by atoms with Crippen LogP contribution in [0.3, 0.4) is 0 Å². The van der Waals surface area contributed by atoms with Gasteiger partial charge >= 0.3 is 0 Å². The molecular formula is C16H24FN3O. The number of halogens is 1. The summed E-state index contributed by atoms with van der Waals surface area (Å²) in [6, 6.07) is 6.29. The standard InChI is InChI=1S/C16H24FN3O/c17-14-5-7-15(8-6-14)20(12-4-9-18)13-16(21)19-10-2-1-3-11-19/h5-8H,1-4,9-13,18H2. The molecule has 21 heavy (non-hydrogen) atoms. The third-order valence-corrected chi connectivity index (χ3v) is 3.86. The number of hydrogen-bond acceptors (Lipinski definition) is 3. The maximum atomic E-state index is 13.0. The molecule has 1 amide bonds. The van der Waals surface area contributed by atoms with E-state index in [-0.39, 0.29) is 11.7 Å². The summed E-state index contributed by atoms with van der Waals surface area (Å²) < 4.78 is 13.0. The zero-order valence-electron chi connectivity index (χ0n) is 12.4. The van der Waals surface area contributed by atoms with Crippen LogP contribution < -0.4 is 10.6 Å². The summed E-state index contributed by atoms with van der Waals surface area (Å²) in [5.74, 6) is -0.115. The lowest BCUT2D eigenvalue weighted by molar-refractivity contribution is -0.130. The van der Waals surface area contributed by atoms with Crippen molar-refractivity contribution in [2.45, 2.75) is 25.7 Å². The van der Waals surface area contributed by atoms with E-state index in [1.165, 1.54) is 18.6 Å². The van der Waals surface area contributed by atoms with Gasteiger partial charge in [-0.25, -0.2) is 4.39 Å². The van der Waals surface area contributed by atoms with Crippen molar-refractivity contribution in [2.75, 3.05) is 37.6 Å². The van der Waals surface area contributed by atoms with Gasteiger partial charge < -0.3 is 15.5 Å². The molecule has 1 aromatic carbocycles. The second-order valence-corrected chi connectivity index (χ2v) is 5.48. The van der Waals surface area contributed by atoms with Crippen LogP contribution in [-0.4, -0.2) is 43.5 Å². The van der Waals surface area contributed by atoms with Crippen molar-refractivity contribution in [3.63, 3.8) is 0 Å². The number of carbonyl (C=O) groups is 1. The van der Waals surface area contributed by atoms with E-state index in [1.54, 1.807) is 12.1 Å². The van der Waals surface area contributed by atoms with Crippen LogP contribution in [0.4, 0.5) is 10.1 Å². The molecule has 5 heteroatoms. The van der Waals surface area contributed by atoms with Gasteiger partial charge in [0.05, 0.1) is 6.54 Å². The smallest absolute Gasteiger partial charge is 0.242 e. The Morgan fingerprint density at radius 2 is 1.86 bits per heavy atom. The summed E-state index contributed by atoms with van der Waals surface area (Å²) in [6.07, 6.45) is 4.19. The first kappa shape index (κ1) is 15.8. The molecule has 0 spiro atoms. The van der Waals surface area contributed by atoms with Crippen molar-refractivity contribution in [3.05, 3.63) is 30.1 Å². The predicted molar refractivity (Wildman–Crippen MR) is 82.7 cm³/mol. The van der Waals surface area contributed by atoms with Gasteiger partial charge in [-0.05, 0) is 56.5 Å². The van der Waals surface area contributed by atoms with Crippen LogP contribution in [0.1, 0.15) is 25.7 Å². The number of nitrogens with two attached hydrogens (primary N) is 1. The van der Waals surface area contributed by atoms with Crippen LogP contribution in [0.15, 0.2) is 24.3 Å². The zero-order chi connectivity index (χ0) is 15.1. The van der Waals surface area contributed by atoms with Crippen LogP contribution in [0.2, 0.25) is 0 Å². The molecular weight excluding hydrogens is 269 g/mol. The molecule has 2 rings (SSSR count). The molecule has 1 saturated heterocycles. The molecule has 0 bridgehead atoms. The second kappa shape index (κ2) is 7.98. The number of carbonyl (C=O) groups excluding carboxylic acids is 1. The fourth-order valence-electron chi connectivity index (χ4n) is 2.64. The lowest BCUT2D eigenvalue weighted by Gasteiger charge is -2.31. The third kappa shape index (κ3) is 4.70. The van der Waals surface area contributed by atoms with E-state index in [9.17, 15) is 9.18 Å². The Morgan fingerprint density at radius 3 is 2.48 bits per heavy atom. The Balaban J connectivity index is 2.01. The molecule has 1 aromatic rings. The van der Waals surface area contributed by atoms with Gasteiger partial charge in [-0.15, -0.1) is 0 Å². The van der Waals surface area contributed by atoms with Crippen molar-refractivity contribution in [2.24, 2.45) is 5.73 Å². The van der Waals surface area contributed by atoms with Gasteiger partial charge in [0.1, 0.15) is 5.82 Å². The maximum absolute atomic E-state index is 13.0. The first-order valence-electron chi connectivity index (χ1n) is 7.69. The summed E-state index contributed by atoms with van der Waals surface area (Å²) in [5, 5.41) is 0. The van der Waals surface area contributed by atoms with E-state index in [0.717, 1.165) is 38.0 Å². The highest BCUT2D eigenvalue weighted by Gasteiger charge is 2.19. The highest BCUT2D eigenvalue weighted by Crippen LogP contribution is 2.16. The Hall–Kier alpha value is -1.62. The van der Waals surface area contributed by atoms with Crippen LogP contribution in [0, 0.1) is 5.82 Å². The first-order valence-corrected chi connectivity index (χ1v) is 7.69. The molecule has 4 nitrogen and oxygen atoms in total. The van der Waals surface area contributed by atoms with E-state index in [2.05, 4.69) is 0 Å². The van der Waals surface area contributed by atoms with Crippen molar-refractivity contribution < 1.29 is 9.18 Å². The molecule has 1 aliphatic rings. The number of nitrogens with zero attached hydrogens (tertiary/aromatic N) is 2. The van der Waals surface area contributed by atoms with Crippen molar-refractivity contribution >= 4 is 11.6 Å². The largest absolute Gasteiger partial charge is 0.362 e. The topological polar surface area (TPSA) is 49.6 Å². The minimum atomic E-state index is -0.264. The van der Waals surface area contributed by atoms with Crippen molar-refractivity contribution in [1.29, 1.82) is 0 Å². The Kier molecular flexibility index (Phi) is 5.99. The zero-order valence-corrected chi connectivity index (χ0v) is 12.4. The lowest BCUT2D eigenvalue weighted by Crippen LogP contribution is -2.43. The van der Waals surface area contributed by atoms with Gasteiger partial charge in [0, 0.05) is 25.3 Å². The molecule has 0 radical (unpaired) electrons. The van der Waals surface area contributed by atoms with Gasteiger partial charge in [-0.3, -0.25) is 4.79 Å². The molecule has 0 aromatic heterocycles.